The Labute approximate surface area is 194 Å². The van der Waals surface area contributed by atoms with E-state index in [2.05, 4.69) is 9.55 Å². The first-order valence-electron chi connectivity index (χ1n) is 10.8. The molecule has 2 heterocycles. The number of carbonyl (C=O) groups is 1. The molecule has 0 N–H and O–H groups in total. The summed E-state index contributed by atoms with van der Waals surface area (Å²) in [6.07, 6.45) is 7.14. The second-order valence-electron chi connectivity index (χ2n) is 8.15. The maximum atomic E-state index is 13.4. The van der Waals surface area contributed by atoms with Gasteiger partial charge in [0.1, 0.15) is 10.6 Å². The summed E-state index contributed by atoms with van der Waals surface area (Å²) < 4.78 is 35.4. The minimum absolute atomic E-state index is 0.0115. The number of rotatable bonds is 7. The molecule has 8 nitrogen and oxygen atoms in total. The molecule has 0 unspecified atom stereocenters. The van der Waals surface area contributed by atoms with E-state index in [-0.39, 0.29) is 23.1 Å². The molecular weight excluding hydrogens is 440 g/mol. The number of methoxy groups -OCH3 is 1. The van der Waals surface area contributed by atoms with Crippen molar-refractivity contribution in [3.8, 4) is 5.75 Å². The van der Waals surface area contributed by atoms with Gasteiger partial charge in [-0.2, -0.15) is 4.31 Å². The van der Waals surface area contributed by atoms with Crippen molar-refractivity contribution in [2.45, 2.75) is 30.3 Å². The van der Waals surface area contributed by atoms with Gasteiger partial charge in [-0.1, -0.05) is 30.3 Å². The van der Waals surface area contributed by atoms with Crippen LogP contribution in [0.5, 0.6) is 5.75 Å². The normalized spacial score (nSPS) is 15.1. The standard InChI is InChI=1S/C24H28N4O4S/c1-26(17-19-6-4-3-5-7-19)33(30,31)23-16-20(8-9-22(23)32-2)24(29)27-13-10-21(11-14-27)28-15-12-25-18-28/h3-9,12,15-16,18,21H,10-11,13-14,17H2,1-2H3. The van der Waals surface area contributed by atoms with Crippen molar-refractivity contribution in [2.75, 3.05) is 27.2 Å². The number of aromatic nitrogens is 2. The lowest BCUT2D eigenvalue weighted by atomic mass is 10.0. The van der Waals surface area contributed by atoms with Gasteiger partial charge in [0, 0.05) is 50.7 Å². The fourth-order valence-corrected chi connectivity index (χ4v) is 5.48. The lowest BCUT2D eigenvalue weighted by Crippen LogP contribution is -2.39. The topological polar surface area (TPSA) is 84.7 Å². The SMILES string of the molecule is COc1ccc(C(=O)N2CCC(n3ccnc3)CC2)cc1S(=O)(=O)N(C)Cc1ccccc1. The summed E-state index contributed by atoms with van der Waals surface area (Å²) in [5.74, 6) is 0.0363. The smallest absolute Gasteiger partial charge is 0.253 e. The highest BCUT2D eigenvalue weighted by Gasteiger charge is 2.29. The average molecular weight is 469 g/mol. The van der Waals surface area contributed by atoms with Crippen molar-refractivity contribution in [2.24, 2.45) is 0 Å². The molecule has 1 aliphatic heterocycles. The number of hydrogen-bond acceptors (Lipinski definition) is 5. The highest BCUT2D eigenvalue weighted by Crippen LogP contribution is 2.30. The second-order valence-corrected chi connectivity index (χ2v) is 10.2. The van der Waals surface area contributed by atoms with E-state index in [0.29, 0.717) is 24.7 Å². The predicted molar refractivity (Wildman–Crippen MR) is 124 cm³/mol. The van der Waals surface area contributed by atoms with Crippen LogP contribution in [0.2, 0.25) is 0 Å². The number of likely N-dealkylation sites (tertiary alicyclic amines) is 1. The Morgan fingerprint density at radius 1 is 1.15 bits per heavy atom. The third-order valence-electron chi connectivity index (χ3n) is 6.05. The highest BCUT2D eigenvalue weighted by atomic mass is 32.2. The quantitative estimate of drug-likeness (QED) is 0.532. The minimum Gasteiger partial charge on any atom is -0.495 e. The number of carbonyl (C=O) groups excluding carboxylic acids is 1. The van der Waals surface area contributed by atoms with Crippen LogP contribution in [0.25, 0.3) is 0 Å². The first-order chi connectivity index (χ1) is 15.9. The molecule has 0 radical (unpaired) electrons. The monoisotopic (exact) mass is 468 g/mol. The van der Waals surface area contributed by atoms with Gasteiger partial charge in [0.05, 0.1) is 13.4 Å². The summed E-state index contributed by atoms with van der Waals surface area (Å²) in [7, 11) is -0.928. The molecule has 2 aromatic carbocycles. The molecule has 1 aliphatic rings. The number of benzene rings is 2. The Morgan fingerprint density at radius 2 is 1.88 bits per heavy atom. The summed E-state index contributed by atoms with van der Waals surface area (Å²) in [6.45, 7) is 1.42. The van der Waals surface area contributed by atoms with Crippen molar-refractivity contribution in [1.82, 2.24) is 18.8 Å². The maximum Gasteiger partial charge on any atom is 0.253 e. The molecule has 3 aromatic rings. The van der Waals surface area contributed by atoms with Gasteiger partial charge in [-0.3, -0.25) is 4.79 Å². The van der Waals surface area contributed by atoms with Crippen LogP contribution in [0.1, 0.15) is 34.8 Å². The minimum atomic E-state index is -3.88. The maximum absolute atomic E-state index is 13.4. The van der Waals surface area contributed by atoms with E-state index in [1.807, 2.05) is 36.5 Å². The third-order valence-corrected chi connectivity index (χ3v) is 7.87. The van der Waals surface area contributed by atoms with Crippen LogP contribution in [0.15, 0.2) is 72.1 Å². The summed E-state index contributed by atoms with van der Waals surface area (Å²) in [5.41, 5.74) is 1.21. The number of hydrogen-bond donors (Lipinski definition) is 0. The molecule has 0 bridgehead atoms. The van der Waals surface area contributed by atoms with Crippen molar-refractivity contribution in [1.29, 1.82) is 0 Å². The molecule has 33 heavy (non-hydrogen) atoms. The zero-order valence-electron chi connectivity index (χ0n) is 18.8. The molecule has 0 spiro atoms. The number of piperidine rings is 1. The zero-order valence-corrected chi connectivity index (χ0v) is 19.6. The van der Waals surface area contributed by atoms with Gasteiger partial charge >= 0.3 is 0 Å². The molecule has 1 amide bonds. The van der Waals surface area contributed by atoms with Crippen LogP contribution in [-0.4, -0.2) is 60.3 Å². The van der Waals surface area contributed by atoms with E-state index in [4.69, 9.17) is 4.74 Å². The number of amides is 1. The van der Waals surface area contributed by atoms with Crippen LogP contribution in [0.3, 0.4) is 0 Å². The first kappa shape index (κ1) is 23.0. The lowest BCUT2D eigenvalue weighted by molar-refractivity contribution is 0.0694. The fourth-order valence-electron chi connectivity index (χ4n) is 4.14. The van der Waals surface area contributed by atoms with Crippen LogP contribution in [0, 0.1) is 0 Å². The Balaban J connectivity index is 1.53. The van der Waals surface area contributed by atoms with Crippen molar-refractivity contribution < 1.29 is 17.9 Å². The number of ether oxygens (including phenoxy) is 1. The molecule has 1 fully saturated rings. The Kier molecular flexibility index (Phi) is 6.80. The van der Waals surface area contributed by atoms with E-state index in [9.17, 15) is 13.2 Å². The zero-order chi connectivity index (χ0) is 23.4. The van der Waals surface area contributed by atoms with E-state index in [0.717, 1.165) is 18.4 Å². The summed E-state index contributed by atoms with van der Waals surface area (Å²) in [5, 5.41) is 0. The first-order valence-corrected chi connectivity index (χ1v) is 12.3. The molecule has 174 valence electrons. The van der Waals surface area contributed by atoms with E-state index in [1.54, 1.807) is 29.6 Å². The third kappa shape index (κ3) is 4.94. The molecule has 0 atom stereocenters. The molecule has 4 rings (SSSR count). The molecule has 1 aromatic heterocycles. The average Bonchev–Trinajstić information content (AvgIpc) is 3.39. The summed E-state index contributed by atoms with van der Waals surface area (Å²) >= 11 is 0. The molecule has 0 aliphatic carbocycles. The number of imidazole rings is 1. The molecular formula is C24H28N4O4S. The van der Waals surface area contributed by atoms with Crippen LogP contribution < -0.4 is 4.74 Å². The predicted octanol–water partition coefficient (Wildman–Crippen LogP) is 3.19. The van der Waals surface area contributed by atoms with Crippen molar-refractivity contribution >= 4 is 15.9 Å². The second kappa shape index (κ2) is 9.76. The van der Waals surface area contributed by atoms with Crippen molar-refractivity contribution in [3.63, 3.8) is 0 Å². The van der Waals surface area contributed by atoms with Crippen LogP contribution in [-0.2, 0) is 16.6 Å². The molecule has 9 heteroatoms. The summed E-state index contributed by atoms with van der Waals surface area (Å²) in [6, 6.07) is 14.3. The van der Waals surface area contributed by atoms with Crippen molar-refractivity contribution in [3.05, 3.63) is 78.4 Å². The lowest BCUT2D eigenvalue weighted by Gasteiger charge is -2.32. The van der Waals surface area contributed by atoms with Gasteiger partial charge in [-0.25, -0.2) is 13.4 Å². The summed E-state index contributed by atoms with van der Waals surface area (Å²) in [4.78, 5) is 19.1. The Hall–Kier alpha value is -3.17. The van der Waals surface area contributed by atoms with Crippen LogP contribution in [0.4, 0.5) is 0 Å². The Bertz CT molecular complexity index is 1190. The van der Waals surface area contributed by atoms with E-state index >= 15 is 0 Å². The highest BCUT2D eigenvalue weighted by molar-refractivity contribution is 7.89. The molecule has 1 saturated heterocycles. The van der Waals surface area contributed by atoms with Gasteiger partial charge in [-0.15, -0.1) is 0 Å². The van der Waals surface area contributed by atoms with Gasteiger partial charge in [0.25, 0.3) is 5.91 Å². The fraction of sp³-hybridized carbons (Fsp3) is 0.333. The van der Waals surface area contributed by atoms with Gasteiger partial charge in [0.2, 0.25) is 10.0 Å². The van der Waals surface area contributed by atoms with Crippen LogP contribution >= 0.6 is 0 Å². The van der Waals surface area contributed by atoms with Gasteiger partial charge in [-0.05, 0) is 36.6 Å². The number of nitrogens with zero attached hydrogens (tertiary/aromatic N) is 4. The largest absolute Gasteiger partial charge is 0.495 e. The van der Waals surface area contributed by atoms with Gasteiger partial charge in [0.15, 0.2) is 0 Å². The van der Waals surface area contributed by atoms with E-state index in [1.165, 1.54) is 24.5 Å². The molecule has 0 saturated carbocycles. The Morgan fingerprint density at radius 3 is 2.52 bits per heavy atom. The van der Waals surface area contributed by atoms with Gasteiger partial charge < -0.3 is 14.2 Å². The number of sulfonamides is 1. The van der Waals surface area contributed by atoms with E-state index < -0.39 is 10.0 Å².